The molecule has 1 aromatic heterocycles. The number of para-hydroxylation sites is 1. The van der Waals surface area contributed by atoms with Crippen LogP contribution in [0.2, 0.25) is 5.02 Å². The van der Waals surface area contributed by atoms with Gasteiger partial charge in [0.1, 0.15) is 17.3 Å². The van der Waals surface area contributed by atoms with Crippen molar-refractivity contribution in [1.29, 1.82) is 0 Å². The van der Waals surface area contributed by atoms with Gasteiger partial charge < -0.3 is 25.1 Å². The molecule has 1 saturated carbocycles. The van der Waals surface area contributed by atoms with Gasteiger partial charge in [-0.3, -0.25) is 4.79 Å². The summed E-state index contributed by atoms with van der Waals surface area (Å²) in [4.78, 5) is 17.8. The number of methoxy groups -OCH3 is 1. The summed E-state index contributed by atoms with van der Waals surface area (Å²) in [5.41, 5.74) is 2.17. The molecule has 1 amide bonds. The Kier molecular flexibility index (Phi) is 8.16. The lowest BCUT2D eigenvalue weighted by atomic mass is 9.84. The maximum atomic E-state index is 13.3. The number of nitrogens with one attached hydrogen (secondary N) is 3. The Balaban J connectivity index is 1.40. The molecule has 1 heterocycles. The van der Waals surface area contributed by atoms with Gasteiger partial charge >= 0.3 is 0 Å². The van der Waals surface area contributed by atoms with Crippen LogP contribution in [0.1, 0.15) is 45.4 Å². The Hall–Kier alpha value is -2.93. The number of anilines is 2. The SMILES string of the molecule is COc1ccc(NCC(C)NC(=O)C(CC2CCCCC2)Nc2nc3cccc(Cl)c3o2)cc1. The van der Waals surface area contributed by atoms with Crippen molar-refractivity contribution in [2.75, 3.05) is 24.3 Å². The van der Waals surface area contributed by atoms with Crippen LogP contribution in [-0.2, 0) is 4.79 Å². The zero-order chi connectivity index (χ0) is 23.9. The molecule has 182 valence electrons. The fourth-order valence-corrected chi connectivity index (χ4v) is 4.70. The zero-order valence-corrected chi connectivity index (χ0v) is 20.5. The highest BCUT2D eigenvalue weighted by molar-refractivity contribution is 6.34. The summed E-state index contributed by atoms with van der Waals surface area (Å²) in [6, 6.07) is 13.0. The van der Waals surface area contributed by atoms with Crippen molar-refractivity contribution in [3.05, 3.63) is 47.5 Å². The van der Waals surface area contributed by atoms with E-state index in [-0.39, 0.29) is 11.9 Å². The molecular weight excluding hydrogens is 452 g/mol. The lowest BCUT2D eigenvalue weighted by Crippen LogP contribution is -2.46. The van der Waals surface area contributed by atoms with Gasteiger partial charge in [-0.15, -0.1) is 0 Å². The monoisotopic (exact) mass is 484 g/mol. The Labute approximate surface area is 205 Å². The highest BCUT2D eigenvalue weighted by Gasteiger charge is 2.27. The lowest BCUT2D eigenvalue weighted by Gasteiger charge is -2.27. The van der Waals surface area contributed by atoms with E-state index >= 15 is 0 Å². The van der Waals surface area contributed by atoms with Crippen LogP contribution in [0.25, 0.3) is 11.1 Å². The van der Waals surface area contributed by atoms with Gasteiger partial charge in [-0.25, -0.2) is 0 Å². The standard InChI is InChI=1S/C26H33ClN4O3/c1-17(16-28-19-11-13-20(33-2)14-12-19)29-25(32)23(15-18-7-4-3-5-8-18)31-26-30-22-10-6-9-21(27)24(22)34-26/h6,9-14,17-18,23,28H,3-5,7-8,15-16H2,1-2H3,(H,29,32)(H,30,31). The number of rotatable bonds is 10. The van der Waals surface area contributed by atoms with Gasteiger partial charge in [0.25, 0.3) is 6.01 Å². The lowest BCUT2D eigenvalue weighted by molar-refractivity contribution is -0.122. The number of halogens is 1. The van der Waals surface area contributed by atoms with Crippen LogP contribution >= 0.6 is 11.6 Å². The topological polar surface area (TPSA) is 88.4 Å². The summed E-state index contributed by atoms with van der Waals surface area (Å²) in [6.07, 6.45) is 6.77. The first-order valence-corrected chi connectivity index (χ1v) is 12.4. The molecule has 2 atom stereocenters. The molecule has 0 radical (unpaired) electrons. The number of aromatic nitrogens is 1. The molecule has 34 heavy (non-hydrogen) atoms. The van der Waals surface area contributed by atoms with Crippen molar-refractivity contribution in [3.63, 3.8) is 0 Å². The molecule has 0 aliphatic heterocycles. The van der Waals surface area contributed by atoms with Crippen LogP contribution in [0.5, 0.6) is 5.75 Å². The minimum absolute atomic E-state index is 0.0528. The molecule has 1 fully saturated rings. The molecule has 7 nitrogen and oxygen atoms in total. The quantitative estimate of drug-likeness (QED) is 0.334. The minimum Gasteiger partial charge on any atom is -0.497 e. The summed E-state index contributed by atoms with van der Waals surface area (Å²) in [7, 11) is 1.65. The number of fused-ring (bicyclic) bond motifs is 1. The molecule has 3 N–H and O–H groups in total. The van der Waals surface area contributed by atoms with Gasteiger partial charge in [0, 0.05) is 18.3 Å². The first-order chi connectivity index (χ1) is 16.5. The highest BCUT2D eigenvalue weighted by Crippen LogP contribution is 2.30. The molecule has 2 unspecified atom stereocenters. The van der Waals surface area contributed by atoms with E-state index in [2.05, 4.69) is 20.9 Å². The van der Waals surface area contributed by atoms with E-state index in [1.54, 1.807) is 13.2 Å². The third-order valence-electron chi connectivity index (χ3n) is 6.37. The number of oxazole rings is 1. The average molecular weight is 485 g/mol. The molecule has 2 aromatic carbocycles. The largest absolute Gasteiger partial charge is 0.497 e. The molecular formula is C26H33ClN4O3. The number of benzene rings is 2. The van der Waals surface area contributed by atoms with E-state index < -0.39 is 6.04 Å². The van der Waals surface area contributed by atoms with Gasteiger partial charge in [-0.1, -0.05) is 49.8 Å². The molecule has 0 spiro atoms. The molecule has 0 bridgehead atoms. The normalized spacial score (nSPS) is 16.1. The number of ether oxygens (including phenoxy) is 1. The van der Waals surface area contributed by atoms with Crippen LogP contribution in [0.3, 0.4) is 0 Å². The fraction of sp³-hybridized carbons (Fsp3) is 0.462. The first-order valence-electron chi connectivity index (χ1n) is 12.0. The van der Waals surface area contributed by atoms with E-state index in [9.17, 15) is 4.79 Å². The van der Waals surface area contributed by atoms with E-state index in [1.165, 1.54) is 19.3 Å². The van der Waals surface area contributed by atoms with Crippen molar-refractivity contribution in [3.8, 4) is 5.75 Å². The summed E-state index contributed by atoms with van der Waals surface area (Å²) in [5, 5.41) is 10.3. The fourth-order valence-electron chi connectivity index (χ4n) is 4.49. The minimum atomic E-state index is -0.432. The third kappa shape index (κ3) is 6.35. The summed E-state index contributed by atoms with van der Waals surface area (Å²) >= 11 is 6.24. The second-order valence-electron chi connectivity index (χ2n) is 9.06. The van der Waals surface area contributed by atoms with E-state index in [0.29, 0.717) is 34.6 Å². The Morgan fingerprint density at radius 2 is 1.94 bits per heavy atom. The van der Waals surface area contributed by atoms with Crippen LogP contribution in [0.4, 0.5) is 11.7 Å². The average Bonchev–Trinajstić information content (AvgIpc) is 3.27. The second-order valence-corrected chi connectivity index (χ2v) is 9.47. The molecule has 3 aromatic rings. The van der Waals surface area contributed by atoms with Crippen molar-refractivity contribution >= 4 is 40.3 Å². The van der Waals surface area contributed by atoms with Crippen molar-refractivity contribution < 1.29 is 13.9 Å². The van der Waals surface area contributed by atoms with Crippen LogP contribution < -0.4 is 20.7 Å². The van der Waals surface area contributed by atoms with Gasteiger partial charge in [0.15, 0.2) is 5.58 Å². The number of amides is 1. The Bertz CT molecular complexity index is 1080. The van der Waals surface area contributed by atoms with Crippen molar-refractivity contribution in [2.24, 2.45) is 5.92 Å². The van der Waals surface area contributed by atoms with Crippen LogP contribution in [0.15, 0.2) is 46.9 Å². The first kappa shape index (κ1) is 24.2. The number of hydrogen-bond acceptors (Lipinski definition) is 6. The van der Waals surface area contributed by atoms with Gasteiger partial charge in [0.2, 0.25) is 5.91 Å². The molecule has 1 aliphatic rings. The van der Waals surface area contributed by atoms with Crippen molar-refractivity contribution in [2.45, 2.75) is 57.5 Å². The van der Waals surface area contributed by atoms with Crippen LogP contribution in [0, 0.1) is 5.92 Å². The summed E-state index contributed by atoms with van der Waals surface area (Å²) in [5.74, 6) is 1.27. The van der Waals surface area contributed by atoms with Gasteiger partial charge in [-0.05, 0) is 55.7 Å². The summed E-state index contributed by atoms with van der Waals surface area (Å²) in [6.45, 7) is 2.60. The maximum Gasteiger partial charge on any atom is 0.296 e. The van der Waals surface area contributed by atoms with Crippen LogP contribution in [-0.4, -0.2) is 36.6 Å². The van der Waals surface area contributed by atoms with E-state index in [4.69, 9.17) is 20.8 Å². The second kappa shape index (κ2) is 11.5. The Morgan fingerprint density at radius 1 is 1.18 bits per heavy atom. The molecule has 8 heteroatoms. The third-order valence-corrected chi connectivity index (χ3v) is 6.66. The van der Waals surface area contributed by atoms with E-state index in [1.807, 2.05) is 43.3 Å². The highest BCUT2D eigenvalue weighted by atomic mass is 35.5. The number of nitrogens with zero attached hydrogens (tertiary/aromatic N) is 1. The maximum absolute atomic E-state index is 13.3. The molecule has 0 saturated heterocycles. The van der Waals surface area contributed by atoms with E-state index in [0.717, 1.165) is 30.7 Å². The number of carbonyl (C=O) groups excluding carboxylic acids is 1. The van der Waals surface area contributed by atoms with Gasteiger partial charge in [0.05, 0.1) is 12.1 Å². The zero-order valence-electron chi connectivity index (χ0n) is 19.8. The van der Waals surface area contributed by atoms with Crippen molar-refractivity contribution in [1.82, 2.24) is 10.3 Å². The van der Waals surface area contributed by atoms with Gasteiger partial charge in [-0.2, -0.15) is 4.98 Å². The smallest absolute Gasteiger partial charge is 0.296 e. The number of hydrogen-bond donors (Lipinski definition) is 3. The molecule has 4 rings (SSSR count). The number of carbonyl (C=O) groups is 1. The molecule has 1 aliphatic carbocycles. The predicted molar refractivity (Wildman–Crippen MR) is 137 cm³/mol. The predicted octanol–water partition coefficient (Wildman–Crippen LogP) is 5.86. The summed E-state index contributed by atoms with van der Waals surface area (Å²) < 4.78 is 11.0. The Morgan fingerprint density at radius 3 is 2.65 bits per heavy atom.